The summed E-state index contributed by atoms with van der Waals surface area (Å²) in [5.74, 6) is -0.854. The smallest absolute Gasteiger partial charge is 0.305 e. The number of carbonyl (C=O) groups is 2. The van der Waals surface area contributed by atoms with Crippen LogP contribution in [0.15, 0.2) is 54.6 Å². The molecule has 148 valence electrons. The van der Waals surface area contributed by atoms with Crippen molar-refractivity contribution in [3.05, 3.63) is 71.3 Å². The summed E-state index contributed by atoms with van der Waals surface area (Å²) in [5, 5.41) is 0. The van der Waals surface area contributed by atoms with Crippen molar-refractivity contribution >= 4 is 11.8 Å². The summed E-state index contributed by atoms with van der Waals surface area (Å²) in [4.78, 5) is 24.5. The molecule has 1 aliphatic heterocycles. The molecule has 1 fully saturated rings. The van der Waals surface area contributed by atoms with Gasteiger partial charge in [0.05, 0.1) is 6.61 Å². The van der Waals surface area contributed by atoms with Gasteiger partial charge in [-0.15, -0.1) is 0 Å². The number of aryl methyl sites for hydroxylation is 1. The van der Waals surface area contributed by atoms with Crippen LogP contribution < -0.4 is 0 Å². The van der Waals surface area contributed by atoms with Crippen LogP contribution in [0.2, 0.25) is 0 Å². The molecule has 0 spiro atoms. The molecule has 3 rings (SSSR count). The molecule has 1 atom stereocenters. The van der Waals surface area contributed by atoms with Gasteiger partial charge in [-0.05, 0) is 38.3 Å². The third-order valence-electron chi connectivity index (χ3n) is 4.57. The summed E-state index contributed by atoms with van der Waals surface area (Å²) in [5.41, 5.74) is 2.36. The average Bonchev–Trinajstić information content (AvgIpc) is 3.05. The van der Waals surface area contributed by atoms with Gasteiger partial charge in [0.25, 0.3) is 0 Å². The summed E-state index contributed by atoms with van der Waals surface area (Å²) in [6.45, 7) is 4.32. The minimum Gasteiger partial charge on any atom is -0.463 e. The van der Waals surface area contributed by atoms with Crippen LogP contribution in [0, 0.1) is 0 Å². The van der Waals surface area contributed by atoms with Gasteiger partial charge < -0.3 is 14.2 Å². The molecule has 5 heteroatoms. The van der Waals surface area contributed by atoms with Crippen molar-refractivity contribution < 1.29 is 23.8 Å². The van der Waals surface area contributed by atoms with Gasteiger partial charge in [0.15, 0.2) is 11.6 Å². The molecule has 1 unspecified atom stereocenters. The number of carbonyl (C=O) groups excluding carboxylic acids is 2. The number of rotatable bonds is 8. The van der Waals surface area contributed by atoms with E-state index in [9.17, 15) is 9.59 Å². The molecule has 1 saturated heterocycles. The second-order valence-electron chi connectivity index (χ2n) is 7.38. The Labute approximate surface area is 165 Å². The number of ketones is 1. The molecule has 1 aliphatic rings. The topological polar surface area (TPSA) is 61.8 Å². The molecule has 0 saturated carbocycles. The van der Waals surface area contributed by atoms with Gasteiger partial charge >= 0.3 is 5.97 Å². The lowest BCUT2D eigenvalue weighted by atomic mass is 9.99. The molecule has 0 aliphatic carbocycles. The van der Waals surface area contributed by atoms with E-state index in [1.54, 1.807) is 0 Å². The van der Waals surface area contributed by atoms with Gasteiger partial charge in [-0.2, -0.15) is 0 Å². The van der Waals surface area contributed by atoms with E-state index in [1.807, 2.05) is 68.4 Å². The molecule has 28 heavy (non-hydrogen) atoms. The van der Waals surface area contributed by atoms with E-state index in [1.165, 1.54) is 0 Å². The van der Waals surface area contributed by atoms with Crippen LogP contribution in [-0.4, -0.2) is 36.9 Å². The molecular formula is C23H26O5. The largest absolute Gasteiger partial charge is 0.463 e. The predicted molar refractivity (Wildman–Crippen MR) is 105 cm³/mol. The zero-order valence-electron chi connectivity index (χ0n) is 16.4. The third kappa shape index (κ3) is 5.75. The highest BCUT2D eigenvalue weighted by Crippen LogP contribution is 2.22. The SMILES string of the molecule is CC1(C)OCC(COC(=O)CCCc2cccc(C(=O)c3ccccc3)c2)O1. The molecular weight excluding hydrogens is 356 g/mol. The van der Waals surface area contributed by atoms with Crippen LogP contribution in [0.4, 0.5) is 0 Å². The lowest BCUT2D eigenvalue weighted by molar-refractivity contribution is -0.158. The minimum absolute atomic E-state index is 0.00330. The number of hydrogen-bond acceptors (Lipinski definition) is 5. The summed E-state index contributed by atoms with van der Waals surface area (Å²) < 4.78 is 16.3. The Morgan fingerprint density at radius 2 is 1.82 bits per heavy atom. The van der Waals surface area contributed by atoms with Crippen LogP contribution in [0.1, 0.15) is 48.2 Å². The maximum absolute atomic E-state index is 12.5. The minimum atomic E-state index is -0.612. The Hall–Kier alpha value is -2.50. The fourth-order valence-corrected chi connectivity index (χ4v) is 3.16. The van der Waals surface area contributed by atoms with Crippen LogP contribution in [0.5, 0.6) is 0 Å². The summed E-state index contributed by atoms with van der Waals surface area (Å²) >= 11 is 0. The fraction of sp³-hybridized carbons (Fsp3) is 0.391. The van der Waals surface area contributed by atoms with Crippen molar-refractivity contribution in [1.82, 2.24) is 0 Å². The van der Waals surface area contributed by atoms with E-state index in [-0.39, 0.29) is 24.5 Å². The summed E-state index contributed by atoms with van der Waals surface area (Å²) in [6.07, 6.45) is 1.49. The Kier molecular flexibility index (Phi) is 6.60. The Morgan fingerprint density at radius 1 is 1.07 bits per heavy atom. The van der Waals surface area contributed by atoms with Crippen LogP contribution >= 0.6 is 0 Å². The Balaban J connectivity index is 1.44. The first kappa shape index (κ1) is 20.2. The normalized spacial score (nSPS) is 18.0. The van der Waals surface area contributed by atoms with Crippen LogP contribution in [0.25, 0.3) is 0 Å². The van der Waals surface area contributed by atoms with E-state index < -0.39 is 5.79 Å². The summed E-state index contributed by atoms with van der Waals surface area (Å²) in [7, 11) is 0. The van der Waals surface area contributed by atoms with Gasteiger partial charge in [-0.1, -0.05) is 48.5 Å². The zero-order chi connectivity index (χ0) is 20.0. The first-order valence-electron chi connectivity index (χ1n) is 9.59. The standard InChI is InChI=1S/C23H26O5/c1-23(2)27-16-20(28-23)15-26-21(24)13-7-9-17-8-6-12-19(14-17)22(25)18-10-4-3-5-11-18/h3-6,8,10-12,14,20H,7,9,13,15-16H2,1-2H3. The first-order chi connectivity index (χ1) is 13.4. The summed E-state index contributed by atoms with van der Waals surface area (Å²) in [6, 6.07) is 16.8. The van der Waals surface area contributed by atoms with E-state index in [0.29, 0.717) is 37.0 Å². The van der Waals surface area contributed by atoms with Crippen molar-refractivity contribution in [2.45, 2.75) is 45.0 Å². The molecule has 0 bridgehead atoms. The highest BCUT2D eigenvalue weighted by molar-refractivity contribution is 6.09. The Bertz CT molecular complexity index is 813. The second kappa shape index (κ2) is 9.13. The predicted octanol–water partition coefficient (Wildman–Crippen LogP) is 3.94. The van der Waals surface area contributed by atoms with Crippen molar-refractivity contribution in [1.29, 1.82) is 0 Å². The van der Waals surface area contributed by atoms with Gasteiger partial charge in [0.1, 0.15) is 12.7 Å². The van der Waals surface area contributed by atoms with Crippen molar-refractivity contribution in [3.8, 4) is 0 Å². The van der Waals surface area contributed by atoms with Crippen LogP contribution in [0.3, 0.4) is 0 Å². The molecule has 0 amide bonds. The average molecular weight is 382 g/mol. The monoisotopic (exact) mass is 382 g/mol. The van der Waals surface area contributed by atoms with E-state index >= 15 is 0 Å². The Morgan fingerprint density at radius 3 is 2.54 bits per heavy atom. The molecule has 1 heterocycles. The van der Waals surface area contributed by atoms with Gasteiger partial charge in [0, 0.05) is 17.5 Å². The molecule has 2 aromatic rings. The molecule has 5 nitrogen and oxygen atoms in total. The van der Waals surface area contributed by atoms with E-state index in [0.717, 1.165) is 5.56 Å². The van der Waals surface area contributed by atoms with Gasteiger partial charge in [-0.3, -0.25) is 9.59 Å². The maximum atomic E-state index is 12.5. The highest BCUT2D eigenvalue weighted by atomic mass is 16.7. The number of hydrogen-bond donors (Lipinski definition) is 0. The zero-order valence-corrected chi connectivity index (χ0v) is 16.4. The van der Waals surface area contributed by atoms with Crippen molar-refractivity contribution in [2.75, 3.05) is 13.2 Å². The first-order valence-corrected chi connectivity index (χ1v) is 9.59. The molecule has 0 N–H and O–H groups in total. The maximum Gasteiger partial charge on any atom is 0.305 e. The second-order valence-corrected chi connectivity index (χ2v) is 7.38. The van der Waals surface area contributed by atoms with Crippen molar-refractivity contribution in [3.63, 3.8) is 0 Å². The lowest BCUT2D eigenvalue weighted by Gasteiger charge is -2.17. The van der Waals surface area contributed by atoms with Gasteiger partial charge in [-0.25, -0.2) is 0 Å². The van der Waals surface area contributed by atoms with Crippen molar-refractivity contribution in [2.24, 2.45) is 0 Å². The number of benzene rings is 2. The third-order valence-corrected chi connectivity index (χ3v) is 4.57. The van der Waals surface area contributed by atoms with Crippen LogP contribution in [-0.2, 0) is 25.4 Å². The highest BCUT2D eigenvalue weighted by Gasteiger charge is 2.33. The molecule has 0 aromatic heterocycles. The molecule has 0 radical (unpaired) electrons. The van der Waals surface area contributed by atoms with E-state index in [2.05, 4.69) is 0 Å². The fourth-order valence-electron chi connectivity index (χ4n) is 3.16. The van der Waals surface area contributed by atoms with E-state index in [4.69, 9.17) is 14.2 Å². The number of ether oxygens (including phenoxy) is 3. The van der Waals surface area contributed by atoms with Gasteiger partial charge in [0.2, 0.25) is 0 Å². The quantitative estimate of drug-likeness (QED) is 0.511. The molecule has 2 aromatic carbocycles. The lowest BCUT2D eigenvalue weighted by Crippen LogP contribution is -2.25. The number of esters is 1.